The van der Waals surface area contributed by atoms with E-state index in [-0.39, 0.29) is 17.7 Å². The molecule has 138 valence electrons. The number of rotatable bonds is 6. The maximum atomic E-state index is 12.6. The number of benzene rings is 1. The Hall–Kier alpha value is -2.56. The summed E-state index contributed by atoms with van der Waals surface area (Å²) in [4.78, 5) is 26.8. The van der Waals surface area contributed by atoms with Gasteiger partial charge in [-0.3, -0.25) is 9.59 Å². The molecule has 0 saturated carbocycles. The molecule has 26 heavy (non-hydrogen) atoms. The summed E-state index contributed by atoms with van der Waals surface area (Å²) in [7, 11) is 0. The third kappa shape index (κ3) is 4.34. The van der Waals surface area contributed by atoms with Crippen LogP contribution in [0.25, 0.3) is 0 Å². The lowest BCUT2D eigenvalue weighted by Gasteiger charge is -2.31. The van der Waals surface area contributed by atoms with Crippen molar-refractivity contribution in [2.45, 2.75) is 32.1 Å². The Morgan fingerprint density at radius 2 is 2.04 bits per heavy atom. The van der Waals surface area contributed by atoms with Crippen molar-refractivity contribution < 1.29 is 14.0 Å². The van der Waals surface area contributed by atoms with Gasteiger partial charge in [0.2, 0.25) is 5.91 Å². The van der Waals surface area contributed by atoms with Crippen molar-refractivity contribution in [2.24, 2.45) is 5.92 Å². The second kappa shape index (κ2) is 8.70. The summed E-state index contributed by atoms with van der Waals surface area (Å²) >= 11 is 0. The van der Waals surface area contributed by atoms with E-state index >= 15 is 0 Å². The van der Waals surface area contributed by atoms with Crippen molar-refractivity contribution >= 4 is 11.8 Å². The summed E-state index contributed by atoms with van der Waals surface area (Å²) in [6.07, 6.45) is 4.12. The van der Waals surface area contributed by atoms with E-state index in [1.165, 1.54) is 11.8 Å². The van der Waals surface area contributed by atoms with E-state index < -0.39 is 0 Å². The lowest BCUT2D eigenvalue weighted by atomic mass is 9.94. The Morgan fingerprint density at radius 3 is 2.73 bits per heavy atom. The first-order chi connectivity index (χ1) is 12.7. The highest BCUT2D eigenvalue weighted by molar-refractivity contribution is 5.92. The number of nitrogens with zero attached hydrogens (tertiary/aromatic N) is 1. The minimum Gasteiger partial charge on any atom is -0.459 e. The molecule has 2 atom stereocenters. The number of hydrogen-bond acceptors (Lipinski definition) is 3. The smallest absolute Gasteiger partial charge is 0.289 e. The highest BCUT2D eigenvalue weighted by Gasteiger charge is 2.30. The van der Waals surface area contributed by atoms with Gasteiger partial charge in [0.1, 0.15) is 0 Å². The van der Waals surface area contributed by atoms with Crippen LogP contribution in [0.4, 0.5) is 0 Å². The fraction of sp³-hybridized carbons (Fsp3) is 0.429. The van der Waals surface area contributed by atoms with Crippen LogP contribution >= 0.6 is 0 Å². The molecule has 1 fully saturated rings. The lowest BCUT2D eigenvalue weighted by Crippen LogP contribution is -2.46. The topological polar surface area (TPSA) is 62.6 Å². The number of carbonyl (C=O) groups is 2. The normalized spacial score (nSPS) is 18.3. The van der Waals surface area contributed by atoms with Gasteiger partial charge in [-0.15, -0.1) is 0 Å². The quantitative estimate of drug-likeness (QED) is 0.864. The second-order valence-electron chi connectivity index (χ2n) is 6.83. The van der Waals surface area contributed by atoms with Gasteiger partial charge >= 0.3 is 0 Å². The number of carbonyl (C=O) groups excluding carboxylic acids is 2. The third-order valence-corrected chi connectivity index (χ3v) is 5.10. The summed E-state index contributed by atoms with van der Waals surface area (Å²) in [6, 6.07) is 13.6. The summed E-state index contributed by atoms with van der Waals surface area (Å²) in [5.74, 6) is 0.390. The molecule has 5 nitrogen and oxygen atoms in total. The van der Waals surface area contributed by atoms with Crippen LogP contribution in [0.2, 0.25) is 0 Å². The number of piperidine rings is 1. The predicted molar refractivity (Wildman–Crippen MR) is 99.8 cm³/mol. The lowest BCUT2D eigenvalue weighted by molar-refractivity contribution is -0.126. The SMILES string of the molecule is CC[C@H](CNC(=O)[C@H]1CCCN(C(=O)c2ccco2)C1)c1ccccc1. The van der Waals surface area contributed by atoms with E-state index in [2.05, 4.69) is 24.4 Å². The summed E-state index contributed by atoms with van der Waals surface area (Å²) < 4.78 is 5.19. The first-order valence-corrected chi connectivity index (χ1v) is 9.34. The maximum absolute atomic E-state index is 12.6. The molecular formula is C21H26N2O3. The van der Waals surface area contributed by atoms with E-state index in [4.69, 9.17) is 4.42 Å². The molecule has 0 unspecified atom stereocenters. The second-order valence-corrected chi connectivity index (χ2v) is 6.83. The Kier molecular flexibility index (Phi) is 6.10. The molecule has 1 N–H and O–H groups in total. The third-order valence-electron chi connectivity index (χ3n) is 5.10. The Morgan fingerprint density at radius 1 is 1.23 bits per heavy atom. The first kappa shape index (κ1) is 18.2. The maximum Gasteiger partial charge on any atom is 0.289 e. The number of likely N-dealkylation sites (tertiary alicyclic amines) is 1. The van der Waals surface area contributed by atoms with Gasteiger partial charge < -0.3 is 14.6 Å². The predicted octanol–water partition coefficient (Wildman–Crippen LogP) is 3.44. The van der Waals surface area contributed by atoms with Gasteiger partial charge in [-0.2, -0.15) is 0 Å². The first-order valence-electron chi connectivity index (χ1n) is 9.34. The van der Waals surface area contributed by atoms with Crippen LogP contribution in [0, 0.1) is 5.92 Å². The molecule has 2 aromatic rings. The molecule has 1 aromatic carbocycles. The zero-order valence-corrected chi connectivity index (χ0v) is 15.2. The molecule has 1 aromatic heterocycles. The van der Waals surface area contributed by atoms with Crippen LogP contribution in [-0.4, -0.2) is 36.3 Å². The molecule has 2 heterocycles. The van der Waals surface area contributed by atoms with Crippen LogP contribution in [-0.2, 0) is 4.79 Å². The average Bonchev–Trinajstić information content (AvgIpc) is 3.23. The van der Waals surface area contributed by atoms with Crippen LogP contribution in [0.3, 0.4) is 0 Å². The van der Waals surface area contributed by atoms with Crippen molar-refractivity contribution in [3.8, 4) is 0 Å². The molecule has 5 heteroatoms. The fourth-order valence-corrected chi connectivity index (χ4v) is 3.52. The highest BCUT2D eigenvalue weighted by atomic mass is 16.3. The van der Waals surface area contributed by atoms with Gasteiger partial charge in [-0.1, -0.05) is 37.3 Å². The van der Waals surface area contributed by atoms with E-state index in [1.807, 2.05) is 18.2 Å². The summed E-state index contributed by atoms with van der Waals surface area (Å²) in [5.41, 5.74) is 1.24. The Labute approximate surface area is 154 Å². The molecule has 0 aliphatic carbocycles. The molecule has 3 rings (SSSR count). The summed E-state index contributed by atoms with van der Waals surface area (Å²) in [5, 5.41) is 3.10. The van der Waals surface area contributed by atoms with Gasteiger partial charge in [-0.25, -0.2) is 0 Å². The molecule has 0 spiro atoms. The fourth-order valence-electron chi connectivity index (χ4n) is 3.52. The van der Waals surface area contributed by atoms with Crippen molar-refractivity contribution in [2.75, 3.05) is 19.6 Å². The zero-order valence-electron chi connectivity index (χ0n) is 15.2. The van der Waals surface area contributed by atoms with E-state index in [0.29, 0.717) is 31.3 Å². The molecule has 0 radical (unpaired) electrons. The van der Waals surface area contributed by atoms with Crippen LogP contribution in [0.5, 0.6) is 0 Å². The number of amides is 2. The monoisotopic (exact) mass is 354 g/mol. The molecule has 1 aliphatic heterocycles. The number of furan rings is 1. The van der Waals surface area contributed by atoms with Gasteiger partial charge in [0.25, 0.3) is 5.91 Å². The van der Waals surface area contributed by atoms with Crippen molar-refractivity contribution in [3.63, 3.8) is 0 Å². The molecule has 1 saturated heterocycles. The largest absolute Gasteiger partial charge is 0.459 e. The number of hydrogen-bond donors (Lipinski definition) is 1. The zero-order chi connectivity index (χ0) is 18.4. The van der Waals surface area contributed by atoms with Gasteiger partial charge in [-0.05, 0) is 37.0 Å². The number of nitrogens with one attached hydrogen (secondary N) is 1. The standard InChI is InChI=1S/C21H26N2O3/c1-2-16(17-8-4-3-5-9-17)14-22-20(24)18-10-6-12-23(15-18)21(25)19-11-7-13-26-19/h3-5,7-9,11,13,16,18H,2,6,10,12,14-15H2,1H3,(H,22,24)/t16-,18+/m1/s1. The minimum atomic E-state index is -0.157. The van der Waals surface area contributed by atoms with Crippen LogP contribution < -0.4 is 5.32 Å². The van der Waals surface area contributed by atoms with E-state index in [0.717, 1.165) is 19.3 Å². The van der Waals surface area contributed by atoms with E-state index in [1.54, 1.807) is 17.0 Å². The van der Waals surface area contributed by atoms with E-state index in [9.17, 15) is 9.59 Å². The average molecular weight is 354 g/mol. The molecule has 1 aliphatic rings. The van der Waals surface area contributed by atoms with Gasteiger partial charge in [0.15, 0.2) is 5.76 Å². The highest BCUT2D eigenvalue weighted by Crippen LogP contribution is 2.21. The summed E-state index contributed by atoms with van der Waals surface area (Å²) in [6.45, 7) is 3.88. The Balaban J connectivity index is 1.55. The molecule has 0 bridgehead atoms. The Bertz CT molecular complexity index is 712. The van der Waals surface area contributed by atoms with Crippen molar-refractivity contribution in [1.29, 1.82) is 0 Å². The van der Waals surface area contributed by atoms with Gasteiger partial charge in [0, 0.05) is 25.6 Å². The van der Waals surface area contributed by atoms with Crippen LogP contribution in [0.15, 0.2) is 53.1 Å². The van der Waals surface area contributed by atoms with Gasteiger partial charge in [0.05, 0.1) is 12.2 Å². The van der Waals surface area contributed by atoms with Crippen LogP contribution in [0.1, 0.15) is 48.2 Å². The van der Waals surface area contributed by atoms with Crippen molar-refractivity contribution in [3.05, 3.63) is 60.1 Å². The van der Waals surface area contributed by atoms with Crippen molar-refractivity contribution in [1.82, 2.24) is 10.2 Å². The molecule has 2 amide bonds. The molecular weight excluding hydrogens is 328 g/mol. The minimum absolute atomic E-state index is 0.0383.